The van der Waals surface area contributed by atoms with Crippen molar-refractivity contribution < 1.29 is 0 Å². The second-order valence-electron chi connectivity index (χ2n) is 3.90. The van der Waals surface area contributed by atoms with Gasteiger partial charge in [0.2, 0.25) is 0 Å². The van der Waals surface area contributed by atoms with Crippen LogP contribution in [0.3, 0.4) is 0 Å². The molecule has 0 unspecified atom stereocenters. The van der Waals surface area contributed by atoms with Crippen molar-refractivity contribution in [3.8, 4) is 0 Å². The van der Waals surface area contributed by atoms with Crippen LogP contribution >= 0.6 is 15.9 Å². The number of nitrogens with zero attached hydrogens (tertiary/aromatic N) is 2. The maximum absolute atomic E-state index is 5.69. The summed E-state index contributed by atoms with van der Waals surface area (Å²) in [5, 5.41) is 3.41. The lowest BCUT2D eigenvalue weighted by Crippen LogP contribution is -2.23. The van der Waals surface area contributed by atoms with Gasteiger partial charge in [-0.3, -0.25) is 0 Å². The standard InChI is InChI=1S/C10H15BrN4/c11-8-9(12)13-6-14-10(8)15-7-4-2-1-3-5-7/h6-7H,1-5H2,(H3,12,13,14,15). The van der Waals surface area contributed by atoms with Crippen LogP contribution in [0.4, 0.5) is 11.6 Å². The molecule has 0 amide bonds. The lowest BCUT2D eigenvalue weighted by molar-refractivity contribution is 0.461. The van der Waals surface area contributed by atoms with Gasteiger partial charge in [0.25, 0.3) is 0 Å². The first-order chi connectivity index (χ1) is 7.27. The molecule has 0 atom stereocenters. The summed E-state index contributed by atoms with van der Waals surface area (Å²) in [7, 11) is 0. The molecule has 1 aliphatic rings. The van der Waals surface area contributed by atoms with Crippen LogP contribution in [-0.2, 0) is 0 Å². The SMILES string of the molecule is Nc1ncnc(NC2CCCCC2)c1Br. The third kappa shape index (κ3) is 2.59. The highest BCUT2D eigenvalue weighted by Crippen LogP contribution is 2.27. The molecule has 1 saturated carbocycles. The van der Waals surface area contributed by atoms with E-state index in [1.54, 1.807) is 0 Å². The number of hydrogen-bond acceptors (Lipinski definition) is 4. The molecule has 1 aromatic rings. The van der Waals surface area contributed by atoms with Gasteiger partial charge >= 0.3 is 0 Å². The van der Waals surface area contributed by atoms with E-state index in [-0.39, 0.29) is 0 Å². The van der Waals surface area contributed by atoms with Gasteiger partial charge in [-0.05, 0) is 28.8 Å². The topological polar surface area (TPSA) is 63.8 Å². The Morgan fingerprint density at radius 3 is 2.73 bits per heavy atom. The van der Waals surface area contributed by atoms with Gasteiger partial charge in [0.1, 0.15) is 22.4 Å². The average molecular weight is 271 g/mol. The summed E-state index contributed by atoms with van der Waals surface area (Å²) < 4.78 is 0.774. The summed E-state index contributed by atoms with van der Waals surface area (Å²) in [4.78, 5) is 8.10. The Morgan fingerprint density at radius 2 is 2.00 bits per heavy atom. The molecule has 4 nitrogen and oxygen atoms in total. The minimum Gasteiger partial charge on any atom is -0.383 e. The average Bonchev–Trinajstić information content (AvgIpc) is 2.26. The summed E-state index contributed by atoms with van der Waals surface area (Å²) in [6.07, 6.45) is 7.88. The van der Waals surface area contributed by atoms with E-state index in [2.05, 4.69) is 31.2 Å². The van der Waals surface area contributed by atoms with Gasteiger partial charge in [0.05, 0.1) is 0 Å². The van der Waals surface area contributed by atoms with E-state index in [1.807, 2.05) is 0 Å². The van der Waals surface area contributed by atoms with Crippen molar-refractivity contribution in [2.75, 3.05) is 11.1 Å². The van der Waals surface area contributed by atoms with Crippen molar-refractivity contribution in [3.05, 3.63) is 10.8 Å². The largest absolute Gasteiger partial charge is 0.383 e. The highest BCUT2D eigenvalue weighted by molar-refractivity contribution is 9.10. The van der Waals surface area contributed by atoms with E-state index < -0.39 is 0 Å². The van der Waals surface area contributed by atoms with Gasteiger partial charge in [0, 0.05) is 6.04 Å². The van der Waals surface area contributed by atoms with Crippen LogP contribution in [0, 0.1) is 0 Å². The molecule has 0 aliphatic heterocycles. The highest BCUT2D eigenvalue weighted by atomic mass is 79.9. The predicted molar refractivity (Wildman–Crippen MR) is 64.6 cm³/mol. The molecular formula is C10H15BrN4. The molecule has 3 N–H and O–H groups in total. The highest BCUT2D eigenvalue weighted by Gasteiger charge is 2.15. The minimum atomic E-state index is 0.489. The van der Waals surface area contributed by atoms with E-state index in [0.29, 0.717) is 11.9 Å². The Kier molecular flexibility index (Phi) is 3.41. The number of anilines is 2. The van der Waals surface area contributed by atoms with E-state index in [1.165, 1.54) is 38.4 Å². The monoisotopic (exact) mass is 270 g/mol. The Bertz CT molecular complexity index is 336. The van der Waals surface area contributed by atoms with Crippen molar-refractivity contribution in [3.63, 3.8) is 0 Å². The molecule has 1 aromatic heterocycles. The maximum atomic E-state index is 5.69. The van der Waals surface area contributed by atoms with Gasteiger partial charge < -0.3 is 11.1 Å². The number of aromatic nitrogens is 2. The zero-order chi connectivity index (χ0) is 10.7. The third-order valence-electron chi connectivity index (χ3n) is 2.76. The number of halogens is 1. The predicted octanol–water partition coefficient (Wildman–Crippen LogP) is 2.57. The van der Waals surface area contributed by atoms with E-state index in [0.717, 1.165) is 10.3 Å². The van der Waals surface area contributed by atoms with Crippen molar-refractivity contribution in [2.24, 2.45) is 0 Å². The number of rotatable bonds is 2. The van der Waals surface area contributed by atoms with Crippen LogP contribution in [0.5, 0.6) is 0 Å². The first-order valence-electron chi connectivity index (χ1n) is 5.30. The zero-order valence-corrected chi connectivity index (χ0v) is 10.1. The Hall–Kier alpha value is -0.840. The van der Waals surface area contributed by atoms with Gasteiger partial charge in [-0.2, -0.15) is 0 Å². The number of nitrogens with two attached hydrogens (primary N) is 1. The van der Waals surface area contributed by atoms with Crippen LogP contribution in [-0.4, -0.2) is 16.0 Å². The van der Waals surface area contributed by atoms with E-state index in [9.17, 15) is 0 Å². The molecule has 0 spiro atoms. The lowest BCUT2D eigenvalue weighted by Gasteiger charge is -2.23. The fraction of sp³-hybridized carbons (Fsp3) is 0.600. The minimum absolute atomic E-state index is 0.489. The van der Waals surface area contributed by atoms with Crippen LogP contribution in [0.2, 0.25) is 0 Å². The molecule has 0 radical (unpaired) electrons. The fourth-order valence-electron chi connectivity index (χ4n) is 1.92. The van der Waals surface area contributed by atoms with Crippen LogP contribution < -0.4 is 11.1 Å². The zero-order valence-electron chi connectivity index (χ0n) is 8.54. The number of hydrogen-bond donors (Lipinski definition) is 2. The summed E-state index contributed by atoms with van der Waals surface area (Å²) >= 11 is 3.39. The molecule has 1 aliphatic carbocycles. The summed E-state index contributed by atoms with van der Waals surface area (Å²) in [5.41, 5.74) is 5.69. The molecule has 2 rings (SSSR count). The lowest BCUT2D eigenvalue weighted by atomic mass is 9.95. The maximum Gasteiger partial charge on any atom is 0.146 e. The van der Waals surface area contributed by atoms with Crippen LogP contribution in [0.1, 0.15) is 32.1 Å². The third-order valence-corrected chi connectivity index (χ3v) is 3.54. The first kappa shape index (κ1) is 10.7. The molecular weight excluding hydrogens is 256 g/mol. The molecule has 5 heteroatoms. The molecule has 1 fully saturated rings. The normalized spacial score (nSPS) is 17.7. The second kappa shape index (κ2) is 4.79. The van der Waals surface area contributed by atoms with Crippen molar-refractivity contribution in [2.45, 2.75) is 38.1 Å². The number of nitrogens with one attached hydrogen (secondary N) is 1. The van der Waals surface area contributed by atoms with E-state index in [4.69, 9.17) is 5.73 Å². The van der Waals surface area contributed by atoms with Gasteiger partial charge in [-0.1, -0.05) is 19.3 Å². The van der Waals surface area contributed by atoms with Crippen molar-refractivity contribution in [1.82, 2.24) is 9.97 Å². The summed E-state index contributed by atoms with van der Waals surface area (Å²) in [6.45, 7) is 0. The Labute approximate surface area is 97.8 Å². The Balaban J connectivity index is 2.06. The van der Waals surface area contributed by atoms with Crippen molar-refractivity contribution >= 4 is 27.6 Å². The Morgan fingerprint density at radius 1 is 1.27 bits per heavy atom. The molecule has 82 valence electrons. The summed E-state index contributed by atoms with van der Waals surface area (Å²) in [5.74, 6) is 1.30. The smallest absolute Gasteiger partial charge is 0.146 e. The van der Waals surface area contributed by atoms with Gasteiger partial charge in [0.15, 0.2) is 0 Å². The molecule has 15 heavy (non-hydrogen) atoms. The van der Waals surface area contributed by atoms with Crippen LogP contribution in [0.25, 0.3) is 0 Å². The molecule has 0 bridgehead atoms. The second-order valence-corrected chi connectivity index (χ2v) is 4.69. The van der Waals surface area contributed by atoms with Crippen molar-refractivity contribution in [1.29, 1.82) is 0 Å². The first-order valence-corrected chi connectivity index (χ1v) is 6.09. The number of nitrogen functional groups attached to an aromatic ring is 1. The van der Waals surface area contributed by atoms with Gasteiger partial charge in [-0.25, -0.2) is 9.97 Å². The van der Waals surface area contributed by atoms with Gasteiger partial charge in [-0.15, -0.1) is 0 Å². The van der Waals surface area contributed by atoms with E-state index >= 15 is 0 Å². The molecule has 0 saturated heterocycles. The summed E-state index contributed by atoms with van der Waals surface area (Å²) in [6, 6.07) is 0.532. The fourth-order valence-corrected chi connectivity index (χ4v) is 2.24. The van der Waals surface area contributed by atoms with Crippen LogP contribution in [0.15, 0.2) is 10.8 Å². The quantitative estimate of drug-likeness (QED) is 0.867. The molecule has 0 aromatic carbocycles. The molecule has 1 heterocycles.